The molecule has 0 spiro atoms. The highest BCUT2D eigenvalue weighted by atomic mass is 19.1. The molecule has 0 saturated heterocycles. The molecule has 16 heavy (non-hydrogen) atoms. The lowest BCUT2D eigenvalue weighted by molar-refractivity contribution is -0.140. The predicted molar refractivity (Wildman–Crippen MR) is 56.2 cm³/mol. The number of nitrogens with two attached hydrogens (primary N) is 1. The van der Waals surface area contributed by atoms with Crippen LogP contribution < -0.4 is 5.73 Å². The zero-order valence-corrected chi connectivity index (χ0v) is 8.94. The van der Waals surface area contributed by atoms with Crippen molar-refractivity contribution < 1.29 is 19.0 Å². The average Bonchev–Trinajstić information content (AvgIpc) is 2.29. The second-order valence-electron chi connectivity index (χ2n) is 3.40. The Morgan fingerprint density at radius 2 is 2.31 bits per heavy atom. The predicted octanol–water partition coefficient (Wildman–Crippen LogP) is 1.48. The molecular formula is C11H14FNO3. The van der Waals surface area contributed by atoms with E-state index in [1.807, 2.05) is 0 Å². The smallest absolute Gasteiger partial charge is 0.305 e. The fraction of sp³-hybridized carbons (Fsp3) is 0.364. The molecule has 0 fully saturated rings. The molecule has 1 rings (SSSR count). The van der Waals surface area contributed by atoms with Crippen LogP contribution in [-0.2, 0) is 9.53 Å². The molecule has 0 saturated carbocycles. The van der Waals surface area contributed by atoms with Gasteiger partial charge in [0.2, 0.25) is 0 Å². The second-order valence-corrected chi connectivity index (χ2v) is 3.40. The summed E-state index contributed by atoms with van der Waals surface area (Å²) >= 11 is 0. The van der Waals surface area contributed by atoms with Gasteiger partial charge in [0.1, 0.15) is 0 Å². The van der Waals surface area contributed by atoms with Crippen LogP contribution in [0.15, 0.2) is 18.2 Å². The zero-order valence-electron chi connectivity index (χ0n) is 8.94. The Balaban J connectivity index is 2.69. The van der Waals surface area contributed by atoms with Gasteiger partial charge >= 0.3 is 5.97 Å². The van der Waals surface area contributed by atoms with E-state index in [0.717, 1.165) is 6.07 Å². The van der Waals surface area contributed by atoms with Crippen LogP contribution in [0.3, 0.4) is 0 Å². The molecule has 3 N–H and O–H groups in total. The van der Waals surface area contributed by atoms with E-state index in [4.69, 9.17) is 5.73 Å². The van der Waals surface area contributed by atoms with Gasteiger partial charge < -0.3 is 15.6 Å². The van der Waals surface area contributed by atoms with Crippen LogP contribution in [0.4, 0.5) is 4.39 Å². The summed E-state index contributed by atoms with van der Waals surface area (Å²) < 4.78 is 17.5. The number of carbonyl (C=O) groups is 1. The van der Waals surface area contributed by atoms with Crippen LogP contribution >= 0.6 is 0 Å². The Morgan fingerprint density at radius 3 is 2.94 bits per heavy atom. The molecule has 0 aliphatic carbocycles. The molecule has 1 unspecified atom stereocenters. The van der Waals surface area contributed by atoms with Crippen molar-refractivity contribution in [1.82, 2.24) is 0 Å². The highest BCUT2D eigenvalue weighted by Crippen LogP contribution is 2.27. The van der Waals surface area contributed by atoms with Crippen molar-refractivity contribution >= 4 is 5.97 Å². The van der Waals surface area contributed by atoms with Crippen LogP contribution in [-0.4, -0.2) is 18.2 Å². The SMILES string of the molecule is COC(=O)CCC(N)c1cccc(F)c1O. The van der Waals surface area contributed by atoms with E-state index in [-0.39, 0.29) is 12.4 Å². The van der Waals surface area contributed by atoms with Crippen LogP contribution in [0.2, 0.25) is 0 Å². The number of para-hydroxylation sites is 1. The number of phenolic OH excluding ortho intramolecular Hbond substituents is 1. The van der Waals surface area contributed by atoms with Crippen molar-refractivity contribution in [3.05, 3.63) is 29.6 Å². The fourth-order valence-electron chi connectivity index (χ4n) is 1.36. The first-order valence-corrected chi connectivity index (χ1v) is 4.86. The minimum Gasteiger partial charge on any atom is -0.505 e. The fourth-order valence-corrected chi connectivity index (χ4v) is 1.36. The molecule has 0 aliphatic heterocycles. The van der Waals surface area contributed by atoms with E-state index in [9.17, 15) is 14.3 Å². The maximum Gasteiger partial charge on any atom is 0.305 e. The van der Waals surface area contributed by atoms with Crippen molar-refractivity contribution in [3.8, 4) is 5.75 Å². The lowest BCUT2D eigenvalue weighted by atomic mass is 10.0. The number of aromatic hydroxyl groups is 1. The average molecular weight is 227 g/mol. The van der Waals surface area contributed by atoms with Gasteiger partial charge in [0.25, 0.3) is 0 Å². The first-order chi connectivity index (χ1) is 7.56. The monoisotopic (exact) mass is 227 g/mol. The topological polar surface area (TPSA) is 72.5 Å². The van der Waals surface area contributed by atoms with E-state index < -0.39 is 17.6 Å². The molecule has 0 amide bonds. The number of hydrogen-bond donors (Lipinski definition) is 2. The van der Waals surface area contributed by atoms with Gasteiger partial charge in [-0.2, -0.15) is 0 Å². The van der Waals surface area contributed by atoms with E-state index in [1.54, 1.807) is 0 Å². The van der Waals surface area contributed by atoms with Crippen molar-refractivity contribution in [2.45, 2.75) is 18.9 Å². The van der Waals surface area contributed by atoms with Gasteiger partial charge in [-0.15, -0.1) is 0 Å². The number of carbonyl (C=O) groups excluding carboxylic acids is 1. The standard InChI is InChI=1S/C11H14FNO3/c1-16-10(14)6-5-9(13)7-3-2-4-8(12)11(7)15/h2-4,9,15H,5-6,13H2,1H3. The van der Waals surface area contributed by atoms with Crippen molar-refractivity contribution in [2.24, 2.45) is 5.73 Å². The molecule has 0 aliphatic rings. The van der Waals surface area contributed by atoms with E-state index in [1.165, 1.54) is 19.2 Å². The van der Waals surface area contributed by atoms with Crippen molar-refractivity contribution in [3.63, 3.8) is 0 Å². The Kier molecular flexibility index (Phi) is 4.25. The normalized spacial score (nSPS) is 12.2. The number of hydrogen-bond acceptors (Lipinski definition) is 4. The highest BCUT2D eigenvalue weighted by Gasteiger charge is 2.15. The maximum absolute atomic E-state index is 13.0. The summed E-state index contributed by atoms with van der Waals surface area (Å²) in [6.45, 7) is 0. The first-order valence-electron chi connectivity index (χ1n) is 4.86. The molecule has 5 heteroatoms. The van der Waals surface area contributed by atoms with Gasteiger partial charge in [0, 0.05) is 18.0 Å². The van der Waals surface area contributed by atoms with E-state index in [2.05, 4.69) is 4.74 Å². The summed E-state index contributed by atoms with van der Waals surface area (Å²) in [5, 5.41) is 9.42. The second kappa shape index (κ2) is 5.46. The molecule has 0 aromatic heterocycles. The van der Waals surface area contributed by atoms with Gasteiger partial charge in [-0.25, -0.2) is 4.39 Å². The molecular weight excluding hydrogens is 213 g/mol. The van der Waals surface area contributed by atoms with Gasteiger partial charge in [0.15, 0.2) is 11.6 Å². The third-order valence-corrected chi connectivity index (χ3v) is 2.30. The molecule has 0 bridgehead atoms. The number of halogens is 1. The minimum absolute atomic E-state index is 0.133. The van der Waals surface area contributed by atoms with Gasteiger partial charge in [-0.05, 0) is 12.5 Å². The van der Waals surface area contributed by atoms with Gasteiger partial charge in [-0.3, -0.25) is 4.79 Å². The van der Waals surface area contributed by atoms with Gasteiger partial charge in [-0.1, -0.05) is 12.1 Å². The lowest BCUT2D eigenvalue weighted by Crippen LogP contribution is -2.13. The molecule has 1 aromatic carbocycles. The summed E-state index contributed by atoms with van der Waals surface area (Å²) in [6, 6.07) is 3.55. The first kappa shape index (κ1) is 12.4. The van der Waals surface area contributed by atoms with Crippen LogP contribution in [0.1, 0.15) is 24.4 Å². The lowest BCUT2D eigenvalue weighted by Gasteiger charge is -2.13. The number of esters is 1. The number of phenols is 1. The molecule has 88 valence electrons. The largest absolute Gasteiger partial charge is 0.505 e. The maximum atomic E-state index is 13.0. The van der Waals surface area contributed by atoms with Gasteiger partial charge in [0.05, 0.1) is 7.11 Å². The Bertz CT molecular complexity index is 381. The van der Waals surface area contributed by atoms with Crippen LogP contribution in [0.5, 0.6) is 5.75 Å². The zero-order chi connectivity index (χ0) is 12.1. The quantitative estimate of drug-likeness (QED) is 0.764. The molecule has 0 radical (unpaired) electrons. The summed E-state index contributed by atoms with van der Waals surface area (Å²) in [7, 11) is 1.29. The minimum atomic E-state index is -0.717. The highest BCUT2D eigenvalue weighted by molar-refractivity contribution is 5.69. The Morgan fingerprint density at radius 1 is 1.62 bits per heavy atom. The van der Waals surface area contributed by atoms with Crippen molar-refractivity contribution in [2.75, 3.05) is 7.11 Å². The van der Waals surface area contributed by atoms with Crippen molar-refractivity contribution in [1.29, 1.82) is 0 Å². The summed E-state index contributed by atoms with van der Waals surface area (Å²) in [5.41, 5.74) is 6.03. The third kappa shape index (κ3) is 2.93. The summed E-state index contributed by atoms with van der Waals surface area (Å²) in [4.78, 5) is 10.9. The van der Waals surface area contributed by atoms with Crippen LogP contribution in [0.25, 0.3) is 0 Å². The molecule has 1 atom stereocenters. The van der Waals surface area contributed by atoms with Crippen LogP contribution in [0, 0.1) is 5.82 Å². The molecule has 1 aromatic rings. The summed E-state index contributed by atoms with van der Waals surface area (Å²) in [6.07, 6.45) is 0.428. The molecule has 0 heterocycles. The van der Waals surface area contributed by atoms with E-state index >= 15 is 0 Å². The number of rotatable bonds is 4. The van der Waals surface area contributed by atoms with E-state index in [0.29, 0.717) is 12.0 Å². The Hall–Kier alpha value is -1.62. The molecule has 4 nitrogen and oxygen atoms in total. The number of methoxy groups -OCH3 is 1. The number of ether oxygens (including phenoxy) is 1. The number of benzene rings is 1. The Labute approximate surface area is 92.8 Å². The third-order valence-electron chi connectivity index (χ3n) is 2.30. The summed E-state index contributed by atoms with van der Waals surface area (Å²) in [5.74, 6) is -1.56.